The topological polar surface area (TPSA) is 108 Å². The van der Waals surface area contributed by atoms with Gasteiger partial charge in [-0.05, 0) is 101 Å². The Labute approximate surface area is 281 Å². The summed E-state index contributed by atoms with van der Waals surface area (Å²) in [6.07, 6.45) is 4.30. The van der Waals surface area contributed by atoms with Crippen LogP contribution < -0.4 is 15.4 Å². The van der Waals surface area contributed by atoms with Crippen LogP contribution in [0.4, 0.5) is 5.69 Å². The average Bonchev–Trinajstić information content (AvgIpc) is 3.00. The zero-order valence-corrected chi connectivity index (χ0v) is 29.7. The molecule has 0 aliphatic carbocycles. The molecule has 0 spiro atoms. The van der Waals surface area contributed by atoms with Crippen molar-refractivity contribution in [3.63, 3.8) is 0 Å². The largest absolute Gasteiger partial charge is 0.457 e. The van der Waals surface area contributed by atoms with Crippen LogP contribution in [0.15, 0.2) is 48.5 Å². The minimum Gasteiger partial charge on any atom is -0.457 e. The van der Waals surface area contributed by atoms with Gasteiger partial charge in [0.1, 0.15) is 23.6 Å². The van der Waals surface area contributed by atoms with E-state index < -0.39 is 12.1 Å². The summed E-state index contributed by atoms with van der Waals surface area (Å²) < 4.78 is 6.03. The number of rotatable bonds is 4. The van der Waals surface area contributed by atoms with Crippen molar-refractivity contribution in [1.82, 2.24) is 15.1 Å². The number of anilines is 1. The molecule has 3 aliphatic heterocycles. The highest BCUT2D eigenvalue weighted by molar-refractivity contribution is 5.97. The second-order valence-corrected chi connectivity index (χ2v) is 13.9. The number of amides is 4. The second-order valence-electron chi connectivity index (χ2n) is 13.9. The second kappa shape index (κ2) is 17.9. The third-order valence-electron chi connectivity index (χ3n) is 8.61. The molecule has 2 aromatic carbocycles. The van der Waals surface area contributed by atoms with Gasteiger partial charge in [0.05, 0.1) is 0 Å². The summed E-state index contributed by atoms with van der Waals surface area (Å²) in [5, 5.41) is 6.07. The molecule has 9 nitrogen and oxygen atoms in total. The molecule has 4 bridgehead atoms. The average molecular weight is 649 g/mol. The summed E-state index contributed by atoms with van der Waals surface area (Å²) in [6.45, 7) is 16.1. The van der Waals surface area contributed by atoms with E-state index in [1.54, 1.807) is 34.1 Å². The van der Waals surface area contributed by atoms with Crippen molar-refractivity contribution in [2.75, 3.05) is 11.9 Å². The highest BCUT2D eigenvalue weighted by Gasteiger charge is 2.35. The lowest BCUT2D eigenvalue weighted by molar-refractivity contribution is -0.144. The van der Waals surface area contributed by atoms with E-state index in [4.69, 9.17) is 4.74 Å². The van der Waals surface area contributed by atoms with E-state index in [2.05, 4.69) is 10.6 Å². The maximum atomic E-state index is 13.6. The van der Waals surface area contributed by atoms with E-state index in [-0.39, 0.29) is 47.5 Å². The van der Waals surface area contributed by atoms with Gasteiger partial charge in [0.2, 0.25) is 23.6 Å². The third kappa shape index (κ3) is 10.8. The maximum Gasteiger partial charge on any atom is 0.247 e. The van der Waals surface area contributed by atoms with E-state index in [9.17, 15) is 19.2 Å². The van der Waals surface area contributed by atoms with Gasteiger partial charge in [0, 0.05) is 37.2 Å². The van der Waals surface area contributed by atoms with Crippen molar-refractivity contribution in [1.29, 1.82) is 0 Å². The van der Waals surface area contributed by atoms with Crippen LogP contribution in [0, 0.1) is 11.8 Å². The normalized spacial score (nSPS) is 20.2. The lowest BCUT2D eigenvalue weighted by Gasteiger charge is -2.37. The lowest BCUT2D eigenvalue weighted by Crippen LogP contribution is -2.55. The van der Waals surface area contributed by atoms with Crippen molar-refractivity contribution in [3.8, 4) is 11.5 Å². The predicted octanol–water partition coefficient (Wildman–Crippen LogP) is 6.95. The van der Waals surface area contributed by atoms with Crippen LogP contribution in [-0.4, -0.2) is 64.1 Å². The van der Waals surface area contributed by atoms with Crippen molar-refractivity contribution in [2.45, 2.75) is 125 Å². The highest BCUT2D eigenvalue weighted by atomic mass is 16.5. The monoisotopic (exact) mass is 648 g/mol. The molecule has 2 unspecified atom stereocenters. The van der Waals surface area contributed by atoms with Crippen LogP contribution in [0.25, 0.3) is 0 Å². The molecule has 3 heterocycles. The van der Waals surface area contributed by atoms with Crippen molar-refractivity contribution >= 4 is 29.3 Å². The van der Waals surface area contributed by atoms with Gasteiger partial charge >= 0.3 is 0 Å². The first-order chi connectivity index (χ1) is 22.3. The Bertz CT molecular complexity index is 1320. The quantitative estimate of drug-likeness (QED) is 0.373. The molecule has 47 heavy (non-hydrogen) atoms. The highest BCUT2D eigenvalue weighted by Crippen LogP contribution is 2.25. The van der Waals surface area contributed by atoms with Crippen LogP contribution >= 0.6 is 0 Å². The molecule has 4 amide bonds. The Morgan fingerprint density at radius 2 is 1.04 bits per heavy atom. The van der Waals surface area contributed by atoms with E-state index in [0.29, 0.717) is 55.8 Å². The lowest BCUT2D eigenvalue weighted by atomic mass is 9.98. The molecule has 0 fully saturated rings. The predicted molar refractivity (Wildman–Crippen MR) is 187 cm³/mol. The molecule has 0 aromatic heterocycles. The van der Waals surface area contributed by atoms with E-state index in [1.807, 2.05) is 79.7 Å². The molecular weight excluding hydrogens is 592 g/mol. The summed E-state index contributed by atoms with van der Waals surface area (Å²) in [5.41, 5.74) is 1.68. The molecule has 3 aliphatic rings. The Hall–Kier alpha value is -3.88. The fraction of sp³-hybridized carbons (Fsp3) is 0.579. The van der Waals surface area contributed by atoms with Gasteiger partial charge in [-0.25, -0.2) is 0 Å². The maximum absolute atomic E-state index is 13.6. The van der Waals surface area contributed by atoms with Gasteiger partial charge in [0.25, 0.3) is 0 Å². The Morgan fingerprint density at radius 1 is 0.596 bits per heavy atom. The number of hydrogen-bond acceptors (Lipinski definition) is 5. The van der Waals surface area contributed by atoms with Crippen LogP contribution in [0.3, 0.4) is 0 Å². The summed E-state index contributed by atoms with van der Waals surface area (Å²) in [5.74, 6) is 0.738. The van der Waals surface area contributed by atoms with Gasteiger partial charge < -0.3 is 25.2 Å². The number of fused-ring (bicyclic) bond motifs is 2. The molecule has 258 valence electrons. The number of carbonyl (C=O) groups is 4. The number of nitrogens with zero attached hydrogens (tertiary/aromatic N) is 2. The number of carbonyl (C=O) groups excluding carboxylic acids is 4. The number of hydrogen-bond donors (Lipinski definition) is 2. The van der Waals surface area contributed by atoms with Gasteiger partial charge in [-0.1, -0.05) is 52.7 Å². The molecule has 9 heteroatoms. The minimum absolute atomic E-state index is 0.0247. The first-order valence-corrected chi connectivity index (χ1v) is 17.4. The standard InChI is InChI=1S/C38H56N4O5/c1-25(2)35-37(45)39-24-23-29-15-19-31(20-16-29)47-32-21-17-30(18-22-32)40-38(46)36(26(3)4)42(28(7)8)34(44)14-12-10-9-11-13-33(43)41(35)27(5)6/h15-22,25-28,35-36H,9-14,23-24H2,1-8H3,(H,39,45)(H,40,46). The fourth-order valence-corrected chi connectivity index (χ4v) is 6.31. The number of ether oxygens (including phenoxy) is 1. The number of benzene rings is 2. The SMILES string of the molecule is CC(C)C1C(=O)NCCc2ccc(cc2)Oc2ccc(cc2)NC(=O)C(C(C)C)N(C(C)C)C(=O)CCCCCCC(=O)N1C(C)C. The Kier molecular flexibility index (Phi) is 14.3. The van der Waals surface area contributed by atoms with Crippen LogP contribution in [-0.2, 0) is 25.6 Å². The summed E-state index contributed by atoms with van der Waals surface area (Å²) in [4.78, 5) is 57.4. The van der Waals surface area contributed by atoms with Gasteiger partial charge in [-0.3, -0.25) is 19.2 Å². The molecule has 2 N–H and O–H groups in total. The van der Waals surface area contributed by atoms with Crippen LogP contribution in [0.1, 0.15) is 99.5 Å². The van der Waals surface area contributed by atoms with E-state index >= 15 is 0 Å². The molecule has 0 radical (unpaired) electrons. The molecule has 5 rings (SSSR count). The van der Waals surface area contributed by atoms with E-state index in [1.165, 1.54) is 0 Å². The smallest absolute Gasteiger partial charge is 0.247 e. The number of nitrogens with one attached hydrogen (secondary N) is 2. The first kappa shape index (κ1) is 37.6. The summed E-state index contributed by atoms with van der Waals surface area (Å²) >= 11 is 0. The van der Waals surface area contributed by atoms with Crippen molar-refractivity contribution < 1.29 is 23.9 Å². The molecular formula is C38H56N4O5. The third-order valence-corrected chi connectivity index (χ3v) is 8.61. The van der Waals surface area contributed by atoms with Gasteiger partial charge in [0.15, 0.2) is 0 Å². The zero-order valence-electron chi connectivity index (χ0n) is 29.7. The van der Waals surface area contributed by atoms with Crippen molar-refractivity contribution in [2.24, 2.45) is 11.8 Å². The van der Waals surface area contributed by atoms with E-state index in [0.717, 1.165) is 18.4 Å². The van der Waals surface area contributed by atoms with Crippen LogP contribution in [0.5, 0.6) is 11.5 Å². The molecule has 2 atom stereocenters. The fourth-order valence-electron chi connectivity index (χ4n) is 6.31. The molecule has 0 saturated heterocycles. The molecule has 0 saturated carbocycles. The van der Waals surface area contributed by atoms with Crippen LogP contribution in [0.2, 0.25) is 0 Å². The van der Waals surface area contributed by atoms with Gasteiger partial charge in [-0.2, -0.15) is 0 Å². The molecule has 2 aromatic rings. The Balaban J connectivity index is 1.85. The summed E-state index contributed by atoms with van der Waals surface area (Å²) in [6, 6.07) is 13.5. The van der Waals surface area contributed by atoms with Gasteiger partial charge in [-0.15, -0.1) is 0 Å². The van der Waals surface area contributed by atoms with Crippen molar-refractivity contribution in [3.05, 3.63) is 54.1 Å². The Morgan fingerprint density at radius 3 is 1.49 bits per heavy atom. The first-order valence-electron chi connectivity index (χ1n) is 17.4. The summed E-state index contributed by atoms with van der Waals surface area (Å²) in [7, 11) is 0. The zero-order chi connectivity index (χ0) is 34.7. The minimum atomic E-state index is -0.620.